The number of likely N-dealkylation sites (tertiary alicyclic amines) is 1. The Hall–Kier alpha value is -1.47. The normalized spacial score (nSPS) is 29.7. The van der Waals surface area contributed by atoms with Crippen LogP contribution in [0.4, 0.5) is 0 Å². The average Bonchev–Trinajstić information content (AvgIpc) is 3.35. The molecule has 3 unspecified atom stereocenters. The van der Waals surface area contributed by atoms with E-state index >= 15 is 0 Å². The Morgan fingerprint density at radius 2 is 2.04 bits per heavy atom. The third-order valence-corrected chi connectivity index (χ3v) is 6.25. The number of carbonyl (C=O) groups is 1. The summed E-state index contributed by atoms with van der Waals surface area (Å²) in [7, 11) is 0. The molecule has 2 saturated heterocycles. The standard InChI is InChI=1S/C21H31N3O3/c25-11-8-22-20(26)14-24-9-6-21(7-10-24)13-17(15-27-21)23-19-12-18(19)16-4-2-1-3-5-16/h1-5,17-19,23,25H,6-15H2,(H,22,26). The van der Waals surface area contributed by atoms with Crippen molar-refractivity contribution in [3.05, 3.63) is 35.9 Å². The zero-order valence-electron chi connectivity index (χ0n) is 15.9. The number of carbonyl (C=O) groups excluding carboxylic acids is 1. The first-order valence-electron chi connectivity index (χ1n) is 10.2. The lowest BCUT2D eigenvalue weighted by Gasteiger charge is -2.38. The zero-order valence-corrected chi connectivity index (χ0v) is 15.9. The van der Waals surface area contributed by atoms with Crippen LogP contribution in [0, 0.1) is 0 Å². The molecule has 1 amide bonds. The molecule has 2 heterocycles. The molecule has 0 bridgehead atoms. The van der Waals surface area contributed by atoms with Crippen LogP contribution in [0.15, 0.2) is 30.3 Å². The molecule has 6 heteroatoms. The van der Waals surface area contributed by atoms with Crippen LogP contribution in [-0.2, 0) is 9.53 Å². The fourth-order valence-electron chi connectivity index (χ4n) is 4.62. The summed E-state index contributed by atoms with van der Waals surface area (Å²) >= 11 is 0. The molecule has 1 aromatic rings. The van der Waals surface area contributed by atoms with Gasteiger partial charge in [0.05, 0.1) is 25.4 Å². The van der Waals surface area contributed by atoms with Crippen molar-refractivity contribution >= 4 is 5.91 Å². The van der Waals surface area contributed by atoms with E-state index in [1.165, 1.54) is 12.0 Å². The Bertz CT molecular complexity index is 631. The lowest BCUT2D eigenvalue weighted by molar-refractivity contribution is -0.123. The second kappa shape index (κ2) is 8.27. The number of ether oxygens (including phenoxy) is 1. The van der Waals surface area contributed by atoms with Gasteiger partial charge in [-0.05, 0) is 31.2 Å². The molecular formula is C21H31N3O3. The van der Waals surface area contributed by atoms with Crippen molar-refractivity contribution in [2.75, 3.05) is 39.4 Å². The van der Waals surface area contributed by atoms with Crippen LogP contribution in [0.3, 0.4) is 0 Å². The first-order valence-corrected chi connectivity index (χ1v) is 10.2. The first kappa shape index (κ1) is 18.9. The molecule has 1 saturated carbocycles. The molecule has 3 aliphatic rings. The topological polar surface area (TPSA) is 73.8 Å². The minimum Gasteiger partial charge on any atom is -0.395 e. The van der Waals surface area contributed by atoms with E-state index in [9.17, 15) is 4.79 Å². The average molecular weight is 373 g/mol. The summed E-state index contributed by atoms with van der Waals surface area (Å²) in [5.41, 5.74) is 1.43. The lowest BCUT2D eigenvalue weighted by atomic mass is 9.87. The number of rotatable bonds is 7. The van der Waals surface area contributed by atoms with Gasteiger partial charge in [0.25, 0.3) is 0 Å². The molecule has 3 N–H and O–H groups in total. The predicted octanol–water partition coefficient (Wildman–Crippen LogP) is 0.864. The number of piperidine rings is 1. The van der Waals surface area contributed by atoms with Crippen molar-refractivity contribution in [1.29, 1.82) is 0 Å². The van der Waals surface area contributed by atoms with Gasteiger partial charge in [-0.25, -0.2) is 0 Å². The fourth-order valence-corrected chi connectivity index (χ4v) is 4.62. The largest absolute Gasteiger partial charge is 0.395 e. The number of hydrogen-bond donors (Lipinski definition) is 3. The smallest absolute Gasteiger partial charge is 0.234 e. The van der Waals surface area contributed by atoms with Crippen molar-refractivity contribution in [3.8, 4) is 0 Å². The second-order valence-electron chi connectivity index (χ2n) is 8.27. The van der Waals surface area contributed by atoms with E-state index in [0.29, 0.717) is 31.1 Å². The van der Waals surface area contributed by atoms with Crippen molar-refractivity contribution in [2.24, 2.45) is 0 Å². The maximum Gasteiger partial charge on any atom is 0.234 e. The third kappa shape index (κ3) is 4.69. The highest BCUT2D eigenvalue weighted by Gasteiger charge is 2.46. The molecule has 6 nitrogen and oxygen atoms in total. The first-order chi connectivity index (χ1) is 13.2. The van der Waals surface area contributed by atoms with Crippen LogP contribution in [0.2, 0.25) is 0 Å². The Kier molecular flexibility index (Phi) is 5.78. The van der Waals surface area contributed by atoms with Gasteiger partial charge in [0.2, 0.25) is 5.91 Å². The molecule has 4 rings (SSSR count). The van der Waals surface area contributed by atoms with Gasteiger partial charge >= 0.3 is 0 Å². The summed E-state index contributed by atoms with van der Waals surface area (Å²) in [5.74, 6) is 0.648. The van der Waals surface area contributed by atoms with Gasteiger partial charge in [0, 0.05) is 37.6 Å². The highest BCUT2D eigenvalue weighted by molar-refractivity contribution is 5.78. The second-order valence-corrected chi connectivity index (χ2v) is 8.27. The molecule has 3 fully saturated rings. The van der Waals surface area contributed by atoms with E-state index < -0.39 is 0 Å². The summed E-state index contributed by atoms with van der Waals surface area (Å²) in [6.07, 6.45) is 4.29. The number of benzene rings is 1. The minimum absolute atomic E-state index is 0.00688. The van der Waals surface area contributed by atoms with E-state index in [-0.39, 0.29) is 18.1 Å². The summed E-state index contributed by atoms with van der Waals surface area (Å²) in [5, 5.41) is 15.3. The van der Waals surface area contributed by atoms with E-state index in [1.54, 1.807) is 0 Å². The van der Waals surface area contributed by atoms with Gasteiger partial charge in [-0.1, -0.05) is 30.3 Å². The molecule has 3 atom stereocenters. The van der Waals surface area contributed by atoms with Gasteiger partial charge in [-0.2, -0.15) is 0 Å². The van der Waals surface area contributed by atoms with Crippen LogP contribution >= 0.6 is 0 Å². The molecular weight excluding hydrogens is 342 g/mol. The lowest BCUT2D eigenvalue weighted by Crippen LogP contribution is -2.48. The van der Waals surface area contributed by atoms with Crippen LogP contribution in [0.1, 0.15) is 37.2 Å². The van der Waals surface area contributed by atoms with E-state index in [0.717, 1.165) is 39.0 Å². The molecule has 1 spiro atoms. The maximum absolute atomic E-state index is 11.8. The van der Waals surface area contributed by atoms with Gasteiger partial charge in [-0.3, -0.25) is 9.69 Å². The molecule has 27 heavy (non-hydrogen) atoms. The molecule has 0 radical (unpaired) electrons. The molecule has 148 valence electrons. The zero-order chi connectivity index (χ0) is 18.7. The number of amides is 1. The van der Waals surface area contributed by atoms with Crippen LogP contribution in [-0.4, -0.2) is 73.0 Å². The Morgan fingerprint density at radius 3 is 2.78 bits per heavy atom. The van der Waals surface area contributed by atoms with Crippen molar-refractivity contribution in [1.82, 2.24) is 15.5 Å². The summed E-state index contributed by atoms with van der Waals surface area (Å²) < 4.78 is 6.26. The van der Waals surface area contributed by atoms with Crippen LogP contribution < -0.4 is 10.6 Å². The van der Waals surface area contributed by atoms with E-state index in [1.807, 2.05) is 0 Å². The van der Waals surface area contributed by atoms with E-state index in [4.69, 9.17) is 9.84 Å². The number of nitrogens with one attached hydrogen (secondary N) is 2. The van der Waals surface area contributed by atoms with Crippen molar-refractivity contribution in [3.63, 3.8) is 0 Å². The van der Waals surface area contributed by atoms with Gasteiger partial charge in [-0.15, -0.1) is 0 Å². The molecule has 1 aromatic carbocycles. The van der Waals surface area contributed by atoms with E-state index in [2.05, 4.69) is 45.9 Å². The van der Waals surface area contributed by atoms with Gasteiger partial charge in [0.1, 0.15) is 0 Å². The monoisotopic (exact) mass is 373 g/mol. The maximum atomic E-state index is 11.8. The van der Waals surface area contributed by atoms with Gasteiger partial charge < -0.3 is 20.5 Å². The minimum atomic E-state index is -0.0107. The van der Waals surface area contributed by atoms with Gasteiger partial charge in [0.15, 0.2) is 0 Å². The highest BCUT2D eigenvalue weighted by Crippen LogP contribution is 2.43. The van der Waals surface area contributed by atoms with Crippen molar-refractivity contribution < 1.29 is 14.6 Å². The number of aliphatic hydroxyl groups is 1. The predicted molar refractivity (Wildman–Crippen MR) is 104 cm³/mol. The summed E-state index contributed by atoms with van der Waals surface area (Å²) in [6, 6.07) is 11.8. The molecule has 2 aliphatic heterocycles. The molecule has 1 aliphatic carbocycles. The number of aliphatic hydroxyl groups excluding tert-OH is 1. The number of nitrogens with zero attached hydrogens (tertiary/aromatic N) is 1. The number of hydrogen-bond acceptors (Lipinski definition) is 5. The summed E-state index contributed by atoms with van der Waals surface area (Å²) in [4.78, 5) is 14.0. The summed E-state index contributed by atoms with van der Waals surface area (Å²) in [6.45, 7) is 3.33. The molecule has 0 aromatic heterocycles. The Labute approximate surface area is 161 Å². The highest BCUT2D eigenvalue weighted by atomic mass is 16.5. The Morgan fingerprint density at radius 1 is 1.26 bits per heavy atom. The SMILES string of the molecule is O=C(CN1CCC2(CC1)CC(NC1CC1c1ccccc1)CO2)NCCO. The quantitative estimate of drug-likeness (QED) is 0.661. The van der Waals surface area contributed by atoms with Crippen LogP contribution in [0.25, 0.3) is 0 Å². The van der Waals surface area contributed by atoms with Crippen molar-refractivity contribution in [2.45, 2.75) is 49.3 Å². The third-order valence-electron chi connectivity index (χ3n) is 6.25. The van der Waals surface area contributed by atoms with Crippen LogP contribution in [0.5, 0.6) is 0 Å². The fraction of sp³-hybridized carbons (Fsp3) is 0.667. The Balaban J connectivity index is 1.20.